The maximum Gasteiger partial charge on any atom is 0.416 e. The van der Waals surface area contributed by atoms with Gasteiger partial charge in [0.15, 0.2) is 5.65 Å². The molecule has 1 saturated heterocycles. The monoisotopic (exact) mass is 387 g/mol. The average molecular weight is 387 g/mol. The van der Waals surface area contributed by atoms with Crippen molar-refractivity contribution in [3.8, 4) is 6.07 Å². The Balaban J connectivity index is 1.53. The van der Waals surface area contributed by atoms with E-state index >= 15 is 0 Å². The van der Waals surface area contributed by atoms with E-state index in [2.05, 4.69) is 16.2 Å². The van der Waals surface area contributed by atoms with E-state index in [4.69, 9.17) is 0 Å². The Kier molecular flexibility index (Phi) is 4.34. The third-order valence-corrected chi connectivity index (χ3v) is 5.16. The van der Waals surface area contributed by atoms with Crippen LogP contribution in [0.5, 0.6) is 0 Å². The smallest absolute Gasteiger partial charge is 0.356 e. The molecule has 9 heteroatoms. The topological polar surface area (TPSA) is 77.2 Å². The standard InChI is InChI=1S/C19H16F3N5O/c20-19(21,22)14-3-1-12(2-4-14)13-6-9-26(10-7-13)18-15(11-23)17-24-8-5-16(28)27(17)25-18/h1-5,8,13,25H,6-7,9-10H2. The minimum absolute atomic E-state index is 0.147. The van der Waals surface area contributed by atoms with Crippen molar-refractivity contribution in [1.82, 2.24) is 14.6 Å². The fourth-order valence-corrected chi connectivity index (χ4v) is 3.67. The van der Waals surface area contributed by atoms with Gasteiger partial charge in [0.05, 0.1) is 5.56 Å². The summed E-state index contributed by atoms with van der Waals surface area (Å²) in [5, 5.41) is 12.5. The van der Waals surface area contributed by atoms with Gasteiger partial charge in [-0.15, -0.1) is 0 Å². The minimum atomic E-state index is -4.34. The van der Waals surface area contributed by atoms with Gasteiger partial charge in [-0.1, -0.05) is 12.1 Å². The fraction of sp³-hybridized carbons (Fsp3) is 0.316. The molecule has 4 rings (SSSR count). The Morgan fingerprint density at radius 2 is 1.82 bits per heavy atom. The van der Waals surface area contributed by atoms with E-state index in [9.17, 15) is 23.2 Å². The second-order valence-corrected chi connectivity index (χ2v) is 6.77. The molecule has 0 atom stereocenters. The number of rotatable bonds is 2. The second-order valence-electron chi connectivity index (χ2n) is 6.77. The predicted molar refractivity (Wildman–Crippen MR) is 96.2 cm³/mol. The Labute approximate surface area is 157 Å². The van der Waals surface area contributed by atoms with Crippen molar-refractivity contribution >= 4 is 11.5 Å². The van der Waals surface area contributed by atoms with Crippen molar-refractivity contribution in [2.45, 2.75) is 24.9 Å². The highest BCUT2D eigenvalue weighted by Crippen LogP contribution is 2.34. The van der Waals surface area contributed by atoms with Crippen molar-refractivity contribution in [2.24, 2.45) is 0 Å². The van der Waals surface area contributed by atoms with Crippen LogP contribution in [0.2, 0.25) is 0 Å². The zero-order valence-corrected chi connectivity index (χ0v) is 14.7. The van der Waals surface area contributed by atoms with E-state index in [1.807, 2.05) is 4.90 Å². The summed E-state index contributed by atoms with van der Waals surface area (Å²) >= 11 is 0. The van der Waals surface area contributed by atoms with Crippen molar-refractivity contribution < 1.29 is 13.2 Å². The molecule has 6 nitrogen and oxygen atoms in total. The molecule has 1 aliphatic rings. The molecule has 1 aromatic carbocycles. The van der Waals surface area contributed by atoms with E-state index in [-0.39, 0.29) is 17.1 Å². The summed E-state index contributed by atoms with van der Waals surface area (Å²) in [7, 11) is 0. The first kappa shape index (κ1) is 18.1. The first-order valence-electron chi connectivity index (χ1n) is 8.80. The largest absolute Gasteiger partial charge is 0.416 e. The maximum absolute atomic E-state index is 12.7. The number of hydrogen-bond acceptors (Lipinski definition) is 4. The number of alkyl halides is 3. The SMILES string of the molecule is N#Cc1c(N2CCC(c3ccc(C(F)(F)F)cc3)CC2)[nH]n2c(=O)ccnc12. The van der Waals surface area contributed by atoms with Crippen LogP contribution in [0.4, 0.5) is 19.0 Å². The van der Waals surface area contributed by atoms with E-state index in [0.29, 0.717) is 24.5 Å². The van der Waals surface area contributed by atoms with Crippen LogP contribution in [-0.4, -0.2) is 27.7 Å². The van der Waals surface area contributed by atoms with Gasteiger partial charge in [-0.05, 0) is 36.5 Å². The Hall–Kier alpha value is -3.28. The summed E-state index contributed by atoms with van der Waals surface area (Å²) in [6, 6.07) is 8.72. The molecular formula is C19H16F3N5O. The molecule has 3 aromatic rings. The van der Waals surface area contributed by atoms with Crippen LogP contribution in [0, 0.1) is 11.3 Å². The van der Waals surface area contributed by atoms with Gasteiger partial charge in [0.2, 0.25) is 0 Å². The number of nitrogens with one attached hydrogen (secondary N) is 1. The Morgan fingerprint density at radius 1 is 1.14 bits per heavy atom. The number of H-pyrrole nitrogens is 1. The summed E-state index contributed by atoms with van der Waals surface area (Å²) in [5.74, 6) is 0.693. The van der Waals surface area contributed by atoms with E-state index in [1.165, 1.54) is 28.9 Å². The van der Waals surface area contributed by atoms with Crippen LogP contribution in [-0.2, 0) is 6.18 Å². The molecule has 2 aromatic heterocycles. The van der Waals surface area contributed by atoms with Gasteiger partial charge in [0.1, 0.15) is 17.5 Å². The van der Waals surface area contributed by atoms with Crippen LogP contribution in [0.15, 0.2) is 41.3 Å². The van der Waals surface area contributed by atoms with Gasteiger partial charge in [-0.25, -0.2) is 4.98 Å². The Bertz CT molecular complexity index is 1100. The summed E-state index contributed by atoms with van der Waals surface area (Å²) in [5.41, 5.74) is 0.527. The number of anilines is 1. The van der Waals surface area contributed by atoms with Gasteiger partial charge in [-0.2, -0.15) is 22.9 Å². The van der Waals surface area contributed by atoms with Gasteiger partial charge in [0.25, 0.3) is 5.56 Å². The minimum Gasteiger partial charge on any atom is -0.356 e. The number of fused-ring (bicyclic) bond motifs is 1. The van der Waals surface area contributed by atoms with E-state index in [0.717, 1.165) is 30.5 Å². The number of nitrogens with zero attached hydrogens (tertiary/aromatic N) is 4. The Morgan fingerprint density at radius 3 is 2.43 bits per heavy atom. The molecular weight excluding hydrogens is 371 g/mol. The molecule has 0 bridgehead atoms. The van der Waals surface area contributed by atoms with Crippen LogP contribution in [0.25, 0.3) is 5.65 Å². The molecule has 1 fully saturated rings. The molecule has 28 heavy (non-hydrogen) atoms. The van der Waals surface area contributed by atoms with Crippen molar-refractivity contribution in [2.75, 3.05) is 18.0 Å². The number of halogens is 3. The lowest BCUT2D eigenvalue weighted by molar-refractivity contribution is -0.137. The number of aromatic nitrogens is 3. The number of piperidine rings is 1. The summed E-state index contributed by atoms with van der Waals surface area (Å²) in [6.45, 7) is 1.23. The van der Waals surface area contributed by atoms with Gasteiger partial charge < -0.3 is 4.90 Å². The fourth-order valence-electron chi connectivity index (χ4n) is 3.67. The van der Waals surface area contributed by atoms with Crippen molar-refractivity contribution in [3.63, 3.8) is 0 Å². The molecule has 1 N–H and O–H groups in total. The predicted octanol–water partition coefficient (Wildman–Crippen LogP) is 3.30. The number of hydrogen-bond donors (Lipinski definition) is 1. The normalized spacial score (nSPS) is 15.7. The highest BCUT2D eigenvalue weighted by atomic mass is 19.4. The van der Waals surface area contributed by atoms with Crippen LogP contribution in [0.1, 0.15) is 35.4 Å². The lowest BCUT2D eigenvalue weighted by Gasteiger charge is -2.33. The molecule has 0 saturated carbocycles. The average Bonchev–Trinajstić information content (AvgIpc) is 3.07. The quantitative estimate of drug-likeness (QED) is 0.732. The first-order valence-corrected chi connectivity index (χ1v) is 8.80. The molecule has 1 aliphatic heterocycles. The van der Waals surface area contributed by atoms with E-state index in [1.54, 1.807) is 0 Å². The molecule has 144 valence electrons. The molecule has 0 spiro atoms. The maximum atomic E-state index is 12.7. The first-order chi connectivity index (χ1) is 13.4. The zero-order chi connectivity index (χ0) is 19.9. The van der Waals surface area contributed by atoms with Crippen molar-refractivity contribution in [3.05, 3.63) is 63.6 Å². The molecule has 0 radical (unpaired) electrons. The summed E-state index contributed by atoms with van der Waals surface area (Å²) in [6.07, 6.45) is -1.51. The number of benzene rings is 1. The third kappa shape index (κ3) is 3.11. The summed E-state index contributed by atoms with van der Waals surface area (Å²) < 4.78 is 39.4. The highest BCUT2D eigenvalue weighted by molar-refractivity contribution is 5.68. The van der Waals surface area contributed by atoms with Crippen LogP contribution < -0.4 is 10.5 Å². The molecule has 0 amide bonds. The van der Waals surface area contributed by atoms with Gasteiger partial charge in [-0.3, -0.25) is 9.89 Å². The van der Waals surface area contributed by atoms with Crippen molar-refractivity contribution in [1.29, 1.82) is 5.26 Å². The molecule has 3 heterocycles. The zero-order valence-electron chi connectivity index (χ0n) is 14.7. The second kappa shape index (κ2) is 6.71. The molecule has 0 aliphatic carbocycles. The van der Waals surface area contributed by atoms with E-state index < -0.39 is 11.7 Å². The number of aromatic amines is 1. The van der Waals surface area contributed by atoms with Crippen LogP contribution in [0.3, 0.4) is 0 Å². The lowest BCUT2D eigenvalue weighted by atomic mass is 9.89. The lowest BCUT2D eigenvalue weighted by Crippen LogP contribution is -2.33. The van der Waals surface area contributed by atoms with Gasteiger partial charge >= 0.3 is 6.18 Å². The van der Waals surface area contributed by atoms with Crippen LogP contribution >= 0.6 is 0 Å². The number of nitriles is 1. The van der Waals surface area contributed by atoms with Gasteiger partial charge in [0, 0.05) is 25.4 Å². The highest BCUT2D eigenvalue weighted by Gasteiger charge is 2.31. The summed E-state index contributed by atoms with van der Waals surface area (Å²) in [4.78, 5) is 18.1. The third-order valence-electron chi connectivity index (χ3n) is 5.16. The molecule has 0 unspecified atom stereocenters.